The summed E-state index contributed by atoms with van der Waals surface area (Å²) in [6.07, 6.45) is 29.9. The van der Waals surface area contributed by atoms with Crippen LogP contribution in [-0.2, 0) is 0 Å². The lowest BCUT2D eigenvalue weighted by molar-refractivity contribution is 0.411. The highest BCUT2D eigenvalue weighted by Gasteiger charge is 2.24. The van der Waals surface area contributed by atoms with Gasteiger partial charge in [0, 0.05) is 4.32 Å². The lowest BCUT2D eigenvalue weighted by Crippen LogP contribution is -2.20. The molecule has 0 spiro atoms. The maximum absolute atomic E-state index is 4.23. The molecule has 0 aliphatic carbocycles. The molecule has 0 aromatic heterocycles. The summed E-state index contributed by atoms with van der Waals surface area (Å²) in [5, 5.41) is 0. The minimum absolute atomic E-state index is 0. The zero-order valence-electron chi connectivity index (χ0n) is 19.4. The van der Waals surface area contributed by atoms with Gasteiger partial charge in [0.05, 0.1) is 0 Å². The van der Waals surface area contributed by atoms with Crippen molar-refractivity contribution in [2.24, 2.45) is 0 Å². The van der Waals surface area contributed by atoms with Gasteiger partial charge in [-0.15, -0.1) is 0 Å². The maximum atomic E-state index is 4.23. The highest BCUT2D eigenvalue weighted by molar-refractivity contribution is 9.10. The molecule has 0 amide bonds. The van der Waals surface area contributed by atoms with Crippen molar-refractivity contribution in [3.05, 3.63) is 0 Å². The third-order valence-corrected chi connectivity index (χ3v) is 7.12. The minimum Gasteiger partial charge on any atom is -0.153 e. The van der Waals surface area contributed by atoms with E-state index in [1.807, 2.05) is 0 Å². The summed E-state index contributed by atoms with van der Waals surface area (Å²) in [6, 6.07) is 0. The van der Waals surface area contributed by atoms with Crippen molar-refractivity contribution in [2.75, 3.05) is 0 Å². The molecule has 0 radical (unpaired) electrons. The Morgan fingerprint density at radius 2 is 0.630 bits per heavy atom. The van der Waals surface area contributed by atoms with E-state index in [0.717, 1.165) is 0 Å². The van der Waals surface area contributed by atoms with Crippen molar-refractivity contribution in [2.45, 2.75) is 160 Å². The highest BCUT2D eigenvalue weighted by Crippen LogP contribution is 2.37. The number of hydrogen-bond acceptors (Lipinski definition) is 0. The van der Waals surface area contributed by atoms with Gasteiger partial charge in [-0.25, -0.2) is 0 Å². The quantitative estimate of drug-likeness (QED) is 0.0898. The van der Waals surface area contributed by atoms with Gasteiger partial charge in [-0.2, -0.15) is 9.90 Å². The molecule has 0 aliphatic rings. The lowest BCUT2D eigenvalue weighted by atomic mass is 9.89. The molecule has 0 N–H and O–H groups in total. The molecule has 1 atom stereocenters. The van der Waals surface area contributed by atoms with E-state index < -0.39 is 0 Å². The fraction of sp³-hybridized carbons (Fsp3) is 1.00. The van der Waals surface area contributed by atoms with E-state index in [0.29, 0.717) is 4.32 Å². The number of rotatable bonds is 21. The van der Waals surface area contributed by atoms with Crippen molar-refractivity contribution in [3.8, 4) is 0 Å². The molecule has 0 saturated heterocycles. The van der Waals surface area contributed by atoms with E-state index in [4.69, 9.17) is 0 Å². The van der Waals surface area contributed by atoms with Gasteiger partial charge in [-0.05, 0) is 19.3 Å². The first kappa shape index (κ1) is 30.1. The van der Waals surface area contributed by atoms with Crippen LogP contribution in [0.5, 0.6) is 0 Å². The molecule has 0 nitrogen and oxygen atoms in total. The molecular weight excluding hydrogens is 411 g/mol. The predicted molar refractivity (Wildman–Crippen MR) is 137 cm³/mol. The molecule has 0 aromatic carbocycles. The summed E-state index contributed by atoms with van der Waals surface area (Å²) in [6.45, 7) is 6.93. The second-order valence-corrected chi connectivity index (χ2v) is 10.4. The van der Waals surface area contributed by atoms with E-state index in [-0.39, 0.29) is 9.90 Å². The Kier molecular flexibility index (Phi) is 25.9. The Hall–Kier alpha value is 0.910. The van der Waals surface area contributed by atoms with E-state index in [9.17, 15) is 0 Å². The monoisotopic (exact) mass is 464 g/mol. The summed E-state index contributed by atoms with van der Waals surface area (Å²) in [5.74, 6) is 0. The van der Waals surface area contributed by atoms with Gasteiger partial charge >= 0.3 is 0 Å². The topological polar surface area (TPSA) is 0 Å². The summed E-state index contributed by atoms with van der Waals surface area (Å²) in [4.78, 5) is 0. The Morgan fingerprint density at radius 3 is 0.889 bits per heavy atom. The zero-order chi connectivity index (χ0) is 19.3. The van der Waals surface area contributed by atoms with E-state index >= 15 is 0 Å². The normalized spacial score (nSPS) is 11.6. The molecule has 0 aliphatic heterocycles. The molecule has 0 aromatic rings. The standard InChI is InChI=1S/C25H51Br.H3P/c1-4-7-10-13-16-19-22-25(26,23-20-17-14-11-8-5-2)24-21-18-15-12-9-6-3;/h4-24H2,1-3H3;1H3. The molecule has 166 valence electrons. The van der Waals surface area contributed by atoms with Crippen molar-refractivity contribution < 1.29 is 0 Å². The fourth-order valence-corrected chi connectivity index (χ4v) is 4.88. The maximum Gasteiger partial charge on any atom is 0.0258 e. The molecule has 27 heavy (non-hydrogen) atoms. The van der Waals surface area contributed by atoms with Gasteiger partial charge < -0.3 is 0 Å². The van der Waals surface area contributed by atoms with Crippen LogP contribution in [0.1, 0.15) is 156 Å². The summed E-state index contributed by atoms with van der Waals surface area (Å²) < 4.78 is 0.452. The lowest BCUT2D eigenvalue weighted by Gasteiger charge is -2.28. The number of alkyl halides is 1. The van der Waals surface area contributed by atoms with Crippen LogP contribution < -0.4 is 0 Å². The van der Waals surface area contributed by atoms with E-state index in [1.165, 1.54) is 135 Å². The highest BCUT2D eigenvalue weighted by atomic mass is 79.9. The third kappa shape index (κ3) is 21.4. The molecule has 2 heteroatoms. The van der Waals surface area contributed by atoms with Crippen LogP contribution in [0, 0.1) is 0 Å². The van der Waals surface area contributed by atoms with Crippen LogP contribution in [0.3, 0.4) is 0 Å². The second-order valence-electron chi connectivity index (χ2n) is 8.70. The fourth-order valence-electron chi connectivity index (χ4n) is 4.04. The van der Waals surface area contributed by atoms with Crippen LogP contribution in [0.2, 0.25) is 0 Å². The molecular formula is C25H54BrP. The van der Waals surface area contributed by atoms with Gasteiger partial charge in [0.2, 0.25) is 0 Å². The van der Waals surface area contributed by atoms with Crippen LogP contribution in [0.15, 0.2) is 0 Å². The SMILES string of the molecule is CCCCCCCCC(Br)(CCCCCCCC)CCCCCCCC.P. The summed E-state index contributed by atoms with van der Waals surface area (Å²) in [5.41, 5.74) is 0. The molecule has 0 saturated carbocycles. The molecule has 0 bridgehead atoms. The molecule has 0 heterocycles. The molecule has 0 fully saturated rings. The number of halogens is 1. The molecule has 0 rings (SSSR count). The average molecular weight is 466 g/mol. The van der Waals surface area contributed by atoms with E-state index in [2.05, 4.69) is 36.7 Å². The Labute approximate surface area is 185 Å². The molecule has 1 unspecified atom stereocenters. The van der Waals surface area contributed by atoms with Crippen LogP contribution >= 0.6 is 25.8 Å². The van der Waals surface area contributed by atoms with Crippen molar-refractivity contribution >= 4 is 25.8 Å². The summed E-state index contributed by atoms with van der Waals surface area (Å²) >= 11 is 4.23. The smallest absolute Gasteiger partial charge is 0.0258 e. The first-order chi connectivity index (χ1) is 12.7. The Balaban J connectivity index is 0. The first-order valence-corrected chi connectivity index (χ1v) is 13.2. The number of hydrogen-bond donors (Lipinski definition) is 0. The largest absolute Gasteiger partial charge is 0.153 e. The third-order valence-electron chi connectivity index (χ3n) is 5.94. The van der Waals surface area contributed by atoms with Crippen LogP contribution in [0.25, 0.3) is 0 Å². The Morgan fingerprint density at radius 1 is 0.407 bits per heavy atom. The minimum atomic E-state index is 0. The summed E-state index contributed by atoms with van der Waals surface area (Å²) in [7, 11) is 0. The van der Waals surface area contributed by atoms with Crippen molar-refractivity contribution in [1.29, 1.82) is 0 Å². The second kappa shape index (κ2) is 23.2. The predicted octanol–water partition coefficient (Wildman–Crippen LogP) is 10.4. The van der Waals surface area contributed by atoms with E-state index in [1.54, 1.807) is 0 Å². The van der Waals surface area contributed by atoms with Gasteiger partial charge in [-0.1, -0.05) is 152 Å². The zero-order valence-corrected chi connectivity index (χ0v) is 22.4. The van der Waals surface area contributed by atoms with Crippen molar-refractivity contribution in [1.82, 2.24) is 0 Å². The van der Waals surface area contributed by atoms with Gasteiger partial charge in [-0.3, -0.25) is 0 Å². The Bertz CT molecular complexity index is 226. The van der Waals surface area contributed by atoms with Gasteiger partial charge in [0.25, 0.3) is 0 Å². The number of unbranched alkanes of at least 4 members (excludes halogenated alkanes) is 15. The van der Waals surface area contributed by atoms with Crippen LogP contribution in [0.4, 0.5) is 0 Å². The van der Waals surface area contributed by atoms with Gasteiger partial charge in [0.15, 0.2) is 0 Å². The van der Waals surface area contributed by atoms with Gasteiger partial charge in [0.1, 0.15) is 0 Å². The van der Waals surface area contributed by atoms with Crippen LogP contribution in [-0.4, -0.2) is 4.32 Å². The van der Waals surface area contributed by atoms with Crippen molar-refractivity contribution in [3.63, 3.8) is 0 Å². The first-order valence-electron chi connectivity index (χ1n) is 12.4. The average Bonchev–Trinajstić information content (AvgIpc) is 2.64.